The lowest BCUT2D eigenvalue weighted by Gasteiger charge is -2.30. The van der Waals surface area contributed by atoms with E-state index in [9.17, 15) is 14.4 Å². The molecule has 3 rings (SSSR count). The minimum absolute atomic E-state index is 0.0305. The van der Waals surface area contributed by atoms with Gasteiger partial charge in [0.25, 0.3) is 0 Å². The second-order valence-electron chi connectivity index (χ2n) is 10.6. The molecule has 206 valence electrons. The average Bonchev–Trinajstić information content (AvgIpc) is 3.31. The van der Waals surface area contributed by atoms with E-state index in [1.807, 2.05) is 19.0 Å². The number of likely N-dealkylation sites (tertiary alicyclic amines) is 2. The molecule has 2 heterocycles. The van der Waals surface area contributed by atoms with Gasteiger partial charge in [-0.3, -0.25) is 24.2 Å². The SMILES string of the molecule is CCN1CCCC1CN(CCN(C)C)C(=O)C(=O)Nc1ccc(NC(=O)CN2CCCCCCC2)cc1. The van der Waals surface area contributed by atoms with E-state index in [-0.39, 0.29) is 5.91 Å². The predicted octanol–water partition coefficient (Wildman–Crippen LogP) is 2.70. The van der Waals surface area contributed by atoms with Crippen LogP contribution in [0.25, 0.3) is 0 Å². The minimum Gasteiger partial charge on any atom is -0.332 e. The van der Waals surface area contributed by atoms with Crippen molar-refractivity contribution in [3.63, 3.8) is 0 Å². The fourth-order valence-electron chi connectivity index (χ4n) is 5.21. The van der Waals surface area contributed by atoms with Crippen molar-refractivity contribution in [2.75, 3.05) is 77.1 Å². The molecule has 9 nitrogen and oxygen atoms in total. The summed E-state index contributed by atoms with van der Waals surface area (Å²) >= 11 is 0. The third-order valence-corrected chi connectivity index (χ3v) is 7.38. The highest BCUT2D eigenvalue weighted by molar-refractivity contribution is 6.39. The van der Waals surface area contributed by atoms with Crippen LogP contribution in [-0.2, 0) is 14.4 Å². The predicted molar refractivity (Wildman–Crippen MR) is 149 cm³/mol. The Balaban J connectivity index is 1.52. The minimum atomic E-state index is -0.631. The van der Waals surface area contributed by atoms with Gasteiger partial charge in [-0.15, -0.1) is 0 Å². The number of likely N-dealkylation sites (N-methyl/N-ethyl adjacent to an activating group) is 2. The molecule has 1 aromatic carbocycles. The van der Waals surface area contributed by atoms with Gasteiger partial charge in [-0.05, 0) is 90.2 Å². The third-order valence-electron chi connectivity index (χ3n) is 7.38. The number of benzene rings is 1. The molecule has 2 aliphatic heterocycles. The van der Waals surface area contributed by atoms with Crippen LogP contribution in [-0.4, -0.2) is 110 Å². The van der Waals surface area contributed by atoms with Crippen molar-refractivity contribution in [2.45, 2.75) is 57.9 Å². The second-order valence-corrected chi connectivity index (χ2v) is 10.6. The molecule has 0 saturated carbocycles. The van der Waals surface area contributed by atoms with Gasteiger partial charge < -0.3 is 20.4 Å². The van der Waals surface area contributed by atoms with Crippen LogP contribution in [0.3, 0.4) is 0 Å². The van der Waals surface area contributed by atoms with Crippen molar-refractivity contribution in [2.24, 2.45) is 0 Å². The van der Waals surface area contributed by atoms with E-state index in [0.29, 0.717) is 43.6 Å². The molecule has 1 unspecified atom stereocenters. The van der Waals surface area contributed by atoms with E-state index in [2.05, 4.69) is 27.4 Å². The molecule has 0 spiro atoms. The highest BCUT2D eigenvalue weighted by Crippen LogP contribution is 2.19. The van der Waals surface area contributed by atoms with E-state index in [0.717, 1.165) is 51.9 Å². The first-order valence-electron chi connectivity index (χ1n) is 14.0. The number of nitrogens with zero attached hydrogens (tertiary/aromatic N) is 4. The molecule has 0 bridgehead atoms. The molecule has 2 aliphatic rings. The Labute approximate surface area is 222 Å². The van der Waals surface area contributed by atoms with Gasteiger partial charge >= 0.3 is 11.8 Å². The number of rotatable bonds is 10. The standard InChI is InChI=1S/C28H46N6O3/c1-4-33-18-10-11-25(33)21-34(20-19-31(2)3)28(37)27(36)30-24-14-12-23(13-15-24)29-26(35)22-32-16-8-6-5-7-9-17-32/h12-15,25H,4-11,16-22H2,1-3H3,(H,29,35)(H,30,36). The van der Waals surface area contributed by atoms with Crippen molar-refractivity contribution >= 4 is 29.1 Å². The van der Waals surface area contributed by atoms with Crippen molar-refractivity contribution in [1.29, 1.82) is 0 Å². The highest BCUT2D eigenvalue weighted by Gasteiger charge is 2.29. The van der Waals surface area contributed by atoms with Crippen LogP contribution < -0.4 is 10.6 Å². The topological polar surface area (TPSA) is 88.2 Å². The molecule has 2 fully saturated rings. The summed E-state index contributed by atoms with van der Waals surface area (Å²) in [5, 5.41) is 5.69. The Morgan fingerprint density at radius 2 is 1.49 bits per heavy atom. The lowest BCUT2D eigenvalue weighted by molar-refractivity contribution is -0.143. The fraction of sp³-hybridized carbons (Fsp3) is 0.679. The van der Waals surface area contributed by atoms with Gasteiger partial charge in [0.15, 0.2) is 0 Å². The molecule has 1 atom stereocenters. The molecule has 3 amide bonds. The van der Waals surface area contributed by atoms with Crippen LogP contribution in [0.5, 0.6) is 0 Å². The number of hydrogen-bond acceptors (Lipinski definition) is 6. The molecule has 1 aromatic rings. The van der Waals surface area contributed by atoms with E-state index >= 15 is 0 Å². The third kappa shape index (κ3) is 9.72. The maximum absolute atomic E-state index is 13.1. The van der Waals surface area contributed by atoms with Gasteiger partial charge in [0.2, 0.25) is 5.91 Å². The Hall–Kier alpha value is -2.49. The van der Waals surface area contributed by atoms with Gasteiger partial charge in [0.1, 0.15) is 0 Å². The first-order valence-corrected chi connectivity index (χ1v) is 14.0. The van der Waals surface area contributed by atoms with Gasteiger partial charge in [-0.25, -0.2) is 0 Å². The number of hydrogen-bond donors (Lipinski definition) is 2. The summed E-state index contributed by atoms with van der Waals surface area (Å²) < 4.78 is 0. The molecule has 2 saturated heterocycles. The average molecular weight is 515 g/mol. The van der Waals surface area contributed by atoms with E-state index < -0.39 is 11.8 Å². The number of amides is 3. The van der Waals surface area contributed by atoms with Crippen molar-refractivity contribution in [1.82, 2.24) is 19.6 Å². The summed E-state index contributed by atoms with van der Waals surface area (Å²) in [4.78, 5) is 46.8. The summed E-state index contributed by atoms with van der Waals surface area (Å²) in [5.74, 6) is -1.17. The summed E-state index contributed by atoms with van der Waals surface area (Å²) in [6, 6.07) is 7.25. The Morgan fingerprint density at radius 3 is 2.11 bits per heavy atom. The molecule has 0 radical (unpaired) electrons. The van der Waals surface area contributed by atoms with Crippen LogP contribution >= 0.6 is 0 Å². The van der Waals surface area contributed by atoms with Crippen molar-refractivity contribution in [3.8, 4) is 0 Å². The molecule has 2 N–H and O–H groups in total. The zero-order valence-electron chi connectivity index (χ0n) is 23.0. The van der Waals surface area contributed by atoms with Gasteiger partial charge in [-0.1, -0.05) is 26.2 Å². The van der Waals surface area contributed by atoms with Gasteiger partial charge in [0.05, 0.1) is 6.54 Å². The zero-order chi connectivity index (χ0) is 26.6. The molecule has 37 heavy (non-hydrogen) atoms. The lowest BCUT2D eigenvalue weighted by atomic mass is 10.1. The molecule has 0 aromatic heterocycles. The summed E-state index contributed by atoms with van der Waals surface area (Å²) in [6.07, 6.45) is 8.22. The highest BCUT2D eigenvalue weighted by atomic mass is 16.2. The largest absolute Gasteiger partial charge is 0.332 e. The van der Waals surface area contributed by atoms with E-state index in [1.165, 1.54) is 19.3 Å². The van der Waals surface area contributed by atoms with Crippen molar-refractivity contribution < 1.29 is 14.4 Å². The Kier molecular flexibility index (Phi) is 11.8. The number of carbonyl (C=O) groups is 3. The van der Waals surface area contributed by atoms with E-state index in [1.54, 1.807) is 29.2 Å². The number of carbonyl (C=O) groups excluding carboxylic acids is 3. The lowest BCUT2D eigenvalue weighted by Crippen LogP contribution is -2.48. The first-order chi connectivity index (χ1) is 17.9. The monoisotopic (exact) mass is 514 g/mol. The summed E-state index contributed by atoms with van der Waals surface area (Å²) in [5.41, 5.74) is 1.21. The summed E-state index contributed by atoms with van der Waals surface area (Å²) in [7, 11) is 3.93. The maximum atomic E-state index is 13.1. The van der Waals surface area contributed by atoms with Gasteiger partial charge in [-0.2, -0.15) is 0 Å². The van der Waals surface area contributed by atoms with Crippen LogP contribution in [0.4, 0.5) is 11.4 Å². The second kappa shape index (κ2) is 15.1. The van der Waals surface area contributed by atoms with Crippen LogP contribution in [0.1, 0.15) is 51.9 Å². The summed E-state index contributed by atoms with van der Waals surface area (Å²) in [6.45, 7) is 8.24. The van der Waals surface area contributed by atoms with E-state index in [4.69, 9.17) is 0 Å². The molecular formula is C28H46N6O3. The van der Waals surface area contributed by atoms with Crippen LogP contribution in [0.15, 0.2) is 24.3 Å². The Morgan fingerprint density at radius 1 is 0.865 bits per heavy atom. The maximum Gasteiger partial charge on any atom is 0.313 e. The quantitative estimate of drug-likeness (QED) is 0.467. The fourth-order valence-corrected chi connectivity index (χ4v) is 5.21. The normalized spacial score (nSPS) is 19.3. The zero-order valence-corrected chi connectivity index (χ0v) is 23.0. The molecular weight excluding hydrogens is 468 g/mol. The molecule has 9 heteroatoms. The van der Waals surface area contributed by atoms with Crippen molar-refractivity contribution in [3.05, 3.63) is 24.3 Å². The first kappa shape index (κ1) is 29.1. The van der Waals surface area contributed by atoms with Crippen LogP contribution in [0, 0.1) is 0 Å². The number of nitrogens with one attached hydrogen (secondary N) is 2. The van der Waals surface area contributed by atoms with Gasteiger partial charge in [0, 0.05) is 37.1 Å². The Bertz CT molecular complexity index is 867. The number of anilines is 2. The smallest absolute Gasteiger partial charge is 0.313 e. The molecule has 0 aliphatic carbocycles. The van der Waals surface area contributed by atoms with Crippen LogP contribution in [0.2, 0.25) is 0 Å².